The summed E-state index contributed by atoms with van der Waals surface area (Å²) in [6.45, 7) is 6.40. The lowest BCUT2D eigenvalue weighted by atomic mass is 9.87. The molecule has 3 rings (SSSR count). The number of nitrogen functional groups attached to an aromatic ring is 1. The fourth-order valence-electron chi connectivity index (χ4n) is 2.74. The number of hydrogen-bond donors (Lipinski definition) is 4. The Morgan fingerprint density at radius 3 is 2.27 bits per heavy atom. The highest BCUT2D eigenvalue weighted by Gasteiger charge is 2.15. The summed E-state index contributed by atoms with van der Waals surface area (Å²) < 4.78 is 0. The van der Waals surface area contributed by atoms with Crippen LogP contribution in [-0.2, 0) is 5.41 Å². The SMILES string of the molecule is CC(C)(C)c1ccc(C(=O)Nc2ccc3[nH]c(C(=O)NN)cc3c2)cc1. The minimum absolute atomic E-state index is 0.0435. The Labute approximate surface area is 151 Å². The van der Waals surface area contributed by atoms with Gasteiger partial charge >= 0.3 is 0 Å². The average molecular weight is 350 g/mol. The van der Waals surface area contributed by atoms with Gasteiger partial charge in [0, 0.05) is 22.2 Å². The highest BCUT2D eigenvalue weighted by atomic mass is 16.2. The fourth-order valence-corrected chi connectivity index (χ4v) is 2.74. The molecule has 2 amide bonds. The molecule has 0 radical (unpaired) electrons. The van der Waals surface area contributed by atoms with E-state index in [9.17, 15) is 9.59 Å². The Balaban J connectivity index is 1.79. The molecule has 0 saturated heterocycles. The number of hydrogen-bond acceptors (Lipinski definition) is 3. The largest absolute Gasteiger partial charge is 0.350 e. The summed E-state index contributed by atoms with van der Waals surface area (Å²) in [7, 11) is 0. The number of amides is 2. The Morgan fingerprint density at radius 1 is 0.962 bits per heavy atom. The van der Waals surface area contributed by atoms with E-state index < -0.39 is 5.91 Å². The normalized spacial score (nSPS) is 11.4. The van der Waals surface area contributed by atoms with Gasteiger partial charge in [0.25, 0.3) is 11.8 Å². The van der Waals surface area contributed by atoms with E-state index in [-0.39, 0.29) is 11.3 Å². The van der Waals surface area contributed by atoms with Crippen LogP contribution in [0.25, 0.3) is 10.9 Å². The lowest BCUT2D eigenvalue weighted by Crippen LogP contribution is -2.30. The van der Waals surface area contributed by atoms with Crippen LogP contribution in [0.4, 0.5) is 5.69 Å². The molecule has 0 atom stereocenters. The molecule has 134 valence electrons. The number of nitrogens with two attached hydrogens (primary N) is 1. The van der Waals surface area contributed by atoms with Crippen LogP contribution in [0.5, 0.6) is 0 Å². The van der Waals surface area contributed by atoms with Gasteiger partial charge in [0.05, 0.1) is 0 Å². The number of rotatable bonds is 3. The molecule has 0 saturated carbocycles. The minimum atomic E-state index is -0.397. The second-order valence-corrected chi connectivity index (χ2v) is 7.24. The number of carbonyl (C=O) groups excluding carboxylic acids is 2. The van der Waals surface area contributed by atoms with Crippen molar-refractivity contribution in [1.29, 1.82) is 0 Å². The highest BCUT2D eigenvalue weighted by molar-refractivity contribution is 6.05. The first-order valence-electron chi connectivity index (χ1n) is 8.33. The molecule has 2 aromatic carbocycles. The predicted molar refractivity (Wildman–Crippen MR) is 103 cm³/mol. The maximum atomic E-state index is 12.5. The van der Waals surface area contributed by atoms with Gasteiger partial charge in [-0.1, -0.05) is 32.9 Å². The van der Waals surface area contributed by atoms with E-state index in [1.165, 1.54) is 5.56 Å². The summed E-state index contributed by atoms with van der Waals surface area (Å²) in [4.78, 5) is 27.0. The molecule has 1 aromatic heterocycles. The second kappa shape index (κ2) is 6.65. The van der Waals surface area contributed by atoms with Crippen molar-refractivity contribution in [1.82, 2.24) is 10.4 Å². The van der Waals surface area contributed by atoms with Gasteiger partial charge in [-0.25, -0.2) is 5.84 Å². The smallest absolute Gasteiger partial charge is 0.281 e. The second-order valence-electron chi connectivity index (χ2n) is 7.24. The third-order valence-corrected chi connectivity index (χ3v) is 4.27. The third kappa shape index (κ3) is 3.60. The number of hydrazine groups is 1. The maximum absolute atomic E-state index is 12.5. The van der Waals surface area contributed by atoms with Crippen molar-refractivity contribution in [2.24, 2.45) is 5.84 Å². The fraction of sp³-hybridized carbons (Fsp3) is 0.200. The first-order valence-corrected chi connectivity index (χ1v) is 8.33. The Morgan fingerprint density at radius 2 is 1.65 bits per heavy atom. The topological polar surface area (TPSA) is 100 Å². The molecule has 1 heterocycles. The molecule has 5 N–H and O–H groups in total. The highest BCUT2D eigenvalue weighted by Crippen LogP contribution is 2.23. The van der Waals surface area contributed by atoms with Gasteiger partial charge in [0.1, 0.15) is 5.69 Å². The maximum Gasteiger partial charge on any atom is 0.281 e. The number of nitrogens with one attached hydrogen (secondary N) is 3. The van der Waals surface area contributed by atoms with Crippen molar-refractivity contribution in [3.63, 3.8) is 0 Å². The summed E-state index contributed by atoms with van der Waals surface area (Å²) in [5.41, 5.74) is 5.70. The van der Waals surface area contributed by atoms with Crippen LogP contribution in [0.1, 0.15) is 47.2 Å². The van der Waals surface area contributed by atoms with Gasteiger partial charge in [-0.3, -0.25) is 15.0 Å². The van der Waals surface area contributed by atoms with Gasteiger partial charge in [-0.05, 0) is 47.4 Å². The summed E-state index contributed by atoms with van der Waals surface area (Å²) >= 11 is 0. The van der Waals surface area contributed by atoms with Gasteiger partial charge in [-0.15, -0.1) is 0 Å². The van der Waals surface area contributed by atoms with Crippen molar-refractivity contribution in [2.45, 2.75) is 26.2 Å². The van der Waals surface area contributed by atoms with Crippen LogP contribution in [-0.4, -0.2) is 16.8 Å². The van der Waals surface area contributed by atoms with Crippen LogP contribution in [0.3, 0.4) is 0 Å². The van der Waals surface area contributed by atoms with E-state index in [1.54, 1.807) is 24.3 Å². The summed E-state index contributed by atoms with van der Waals surface area (Å²) in [6, 6.07) is 14.7. The molecule has 0 aliphatic carbocycles. The van der Waals surface area contributed by atoms with E-state index in [4.69, 9.17) is 5.84 Å². The zero-order valence-corrected chi connectivity index (χ0v) is 15.0. The monoisotopic (exact) mass is 350 g/mol. The van der Waals surface area contributed by atoms with Crippen LogP contribution in [0.15, 0.2) is 48.5 Å². The van der Waals surface area contributed by atoms with E-state index in [0.29, 0.717) is 16.9 Å². The molecule has 0 aliphatic heterocycles. The van der Waals surface area contributed by atoms with E-state index in [0.717, 1.165) is 10.9 Å². The van der Waals surface area contributed by atoms with Crippen LogP contribution < -0.4 is 16.6 Å². The van der Waals surface area contributed by atoms with Crippen molar-refractivity contribution < 1.29 is 9.59 Å². The molecule has 0 bridgehead atoms. The number of carbonyl (C=O) groups is 2. The van der Waals surface area contributed by atoms with Crippen molar-refractivity contribution >= 4 is 28.4 Å². The van der Waals surface area contributed by atoms with E-state index in [1.807, 2.05) is 24.3 Å². The summed E-state index contributed by atoms with van der Waals surface area (Å²) in [5, 5.41) is 3.69. The quantitative estimate of drug-likeness (QED) is 0.331. The van der Waals surface area contributed by atoms with Gasteiger partial charge in [0.2, 0.25) is 0 Å². The molecular weight excluding hydrogens is 328 g/mol. The van der Waals surface area contributed by atoms with Crippen LogP contribution in [0, 0.1) is 0 Å². The van der Waals surface area contributed by atoms with E-state index >= 15 is 0 Å². The number of aromatic amines is 1. The molecule has 3 aromatic rings. The molecule has 0 aliphatic rings. The van der Waals surface area contributed by atoms with Crippen molar-refractivity contribution in [3.05, 3.63) is 65.4 Å². The third-order valence-electron chi connectivity index (χ3n) is 4.27. The average Bonchev–Trinajstić information content (AvgIpc) is 3.03. The lowest BCUT2D eigenvalue weighted by molar-refractivity contribution is 0.0948. The molecule has 0 fully saturated rings. The van der Waals surface area contributed by atoms with Gasteiger partial charge < -0.3 is 10.3 Å². The number of fused-ring (bicyclic) bond motifs is 1. The van der Waals surface area contributed by atoms with Crippen molar-refractivity contribution in [2.75, 3.05) is 5.32 Å². The number of anilines is 1. The van der Waals surface area contributed by atoms with Crippen molar-refractivity contribution in [3.8, 4) is 0 Å². The first kappa shape index (κ1) is 17.7. The molecule has 0 spiro atoms. The molecule has 26 heavy (non-hydrogen) atoms. The Hall–Kier alpha value is -3.12. The molecule has 0 unspecified atom stereocenters. The van der Waals surface area contributed by atoms with Gasteiger partial charge in [-0.2, -0.15) is 0 Å². The van der Waals surface area contributed by atoms with Crippen LogP contribution >= 0.6 is 0 Å². The zero-order valence-electron chi connectivity index (χ0n) is 15.0. The number of benzene rings is 2. The van der Waals surface area contributed by atoms with Crippen LogP contribution in [0.2, 0.25) is 0 Å². The molecule has 6 nitrogen and oxygen atoms in total. The number of aromatic nitrogens is 1. The van der Waals surface area contributed by atoms with E-state index in [2.05, 4.69) is 36.5 Å². The Kier molecular flexibility index (Phi) is 4.52. The summed E-state index contributed by atoms with van der Waals surface area (Å²) in [5.74, 6) is 4.57. The first-order chi connectivity index (χ1) is 12.3. The molecular formula is C20H22N4O2. The van der Waals surface area contributed by atoms with Gasteiger partial charge in [0.15, 0.2) is 0 Å². The number of H-pyrrole nitrogens is 1. The molecule has 6 heteroatoms. The lowest BCUT2D eigenvalue weighted by Gasteiger charge is -2.19. The standard InChI is InChI=1S/C20H22N4O2/c1-20(2,3)14-6-4-12(5-7-14)18(25)22-15-8-9-16-13(10-15)11-17(23-16)19(26)24-21/h4-11,23H,21H2,1-3H3,(H,22,25)(H,24,26). The Bertz CT molecular complexity index is 966. The summed E-state index contributed by atoms with van der Waals surface area (Å²) in [6.07, 6.45) is 0. The predicted octanol–water partition coefficient (Wildman–Crippen LogP) is 3.32. The minimum Gasteiger partial charge on any atom is -0.350 e. The zero-order chi connectivity index (χ0) is 18.9.